The SMILES string of the molecule is CS(=O)(=O)c1ccccc1C(=O)NC1CCCNC1. The van der Waals surface area contributed by atoms with Gasteiger partial charge in [0.25, 0.3) is 5.91 Å². The summed E-state index contributed by atoms with van der Waals surface area (Å²) in [5.74, 6) is -0.324. The number of carbonyl (C=O) groups is 1. The lowest BCUT2D eigenvalue weighted by molar-refractivity contribution is 0.0927. The Bertz CT molecular complexity index is 563. The monoisotopic (exact) mass is 282 g/mol. The van der Waals surface area contributed by atoms with Crippen molar-refractivity contribution in [3.05, 3.63) is 29.8 Å². The van der Waals surface area contributed by atoms with Crippen LogP contribution >= 0.6 is 0 Å². The summed E-state index contributed by atoms with van der Waals surface area (Å²) in [6.45, 7) is 1.69. The Hall–Kier alpha value is -1.40. The van der Waals surface area contributed by atoms with Crippen LogP contribution in [0.15, 0.2) is 29.2 Å². The Morgan fingerprint density at radius 2 is 2.11 bits per heavy atom. The molecule has 1 amide bonds. The lowest BCUT2D eigenvalue weighted by atomic mass is 10.1. The Kier molecular flexibility index (Phi) is 4.21. The maximum absolute atomic E-state index is 12.2. The van der Waals surface area contributed by atoms with Gasteiger partial charge in [-0.25, -0.2) is 8.42 Å². The summed E-state index contributed by atoms with van der Waals surface area (Å²) in [4.78, 5) is 12.3. The molecule has 1 unspecified atom stereocenters. The first kappa shape index (κ1) is 14.0. The smallest absolute Gasteiger partial charge is 0.252 e. The van der Waals surface area contributed by atoms with Gasteiger partial charge in [0.1, 0.15) is 0 Å². The predicted molar refractivity (Wildman–Crippen MR) is 72.9 cm³/mol. The molecule has 0 saturated carbocycles. The van der Waals surface area contributed by atoms with Gasteiger partial charge in [-0.15, -0.1) is 0 Å². The van der Waals surface area contributed by atoms with Gasteiger partial charge in [0, 0.05) is 18.8 Å². The highest BCUT2D eigenvalue weighted by Crippen LogP contribution is 2.15. The number of hydrogen-bond donors (Lipinski definition) is 2. The van der Waals surface area contributed by atoms with Crippen molar-refractivity contribution in [2.45, 2.75) is 23.8 Å². The molecule has 2 N–H and O–H groups in total. The molecule has 0 spiro atoms. The lowest BCUT2D eigenvalue weighted by Gasteiger charge is -2.24. The van der Waals surface area contributed by atoms with Crippen LogP contribution in [0.25, 0.3) is 0 Å². The van der Waals surface area contributed by atoms with E-state index in [-0.39, 0.29) is 22.4 Å². The van der Waals surface area contributed by atoms with Crippen molar-refractivity contribution in [3.8, 4) is 0 Å². The highest BCUT2D eigenvalue weighted by molar-refractivity contribution is 7.90. The topological polar surface area (TPSA) is 75.3 Å². The lowest BCUT2D eigenvalue weighted by Crippen LogP contribution is -2.45. The van der Waals surface area contributed by atoms with E-state index in [4.69, 9.17) is 0 Å². The molecule has 1 aliphatic heterocycles. The average Bonchev–Trinajstić information content (AvgIpc) is 2.39. The van der Waals surface area contributed by atoms with Gasteiger partial charge in [0.2, 0.25) is 0 Å². The van der Waals surface area contributed by atoms with E-state index in [0.29, 0.717) is 0 Å². The van der Waals surface area contributed by atoms with Crippen LogP contribution in [-0.2, 0) is 9.84 Å². The summed E-state index contributed by atoms with van der Waals surface area (Å²) in [5.41, 5.74) is 0.218. The first-order valence-corrected chi connectivity index (χ1v) is 8.18. The van der Waals surface area contributed by atoms with Crippen molar-refractivity contribution < 1.29 is 13.2 Å². The summed E-state index contributed by atoms with van der Waals surface area (Å²) in [6.07, 6.45) is 3.04. The van der Waals surface area contributed by atoms with Gasteiger partial charge in [0.15, 0.2) is 9.84 Å². The second-order valence-corrected chi connectivity index (χ2v) is 6.77. The number of piperidine rings is 1. The summed E-state index contributed by atoms with van der Waals surface area (Å²) in [5, 5.41) is 6.09. The fourth-order valence-electron chi connectivity index (χ4n) is 2.22. The van der Waals surface area contributed by atoms with E-state index in [1.807, 2.05) is 0 Å². The van der Waals surface area contributed by atoms with Crippen molar-refractivity contribution >= 4 is 15.7 Å². The molecule has 1 heterocycles. The zero-order valence-corrected chi connectivity index (χ0v) is 11.7. The predicted octanol–water partition coefficient (Wildman–Crippen LogP) is 0.572. The number of amides is 1. The third-order valence-corrected chi connectivity index (χ3v) is 4.32. The third-order valence-electron chi connectivity index (χ3n) is 3.16. The van der Waals surface area contributed by atoms with E-state index in [2.05, 4.69) is 10.6 Å². The van der Waals surface area contributed by atoms with E-state index < -0.39 is 9.84 Å². The molecule has 0 aliphatic carbocycles. The van der Waals surface area contributed by atoms with Gasteiger partial charge in [-0.05, 0) is 31.5 Å². The Balaban J connectivity index is 2.19. The zero-order chi connectivity index (χ0) is 13.9. The number of sulfone groups is 1. The van der Waals surface area contributed by atoms with Crippen LogP contribution < -0.4 is 10.6 Å². The first-order chi connectivity index (χ1) is 8.98. The van der Waals surface area contributed by atoms with Crippen molar-refractivity contribution in [2.24, 2.45) is 0 Å². The van der Waals surface area contributed by atoms with Crippen LogP contribution in [0.1, 0.15) is 23.2 Å². The maximum Gasteiger partial charge on any atom is 0.252 e. The van der Waals surface area contributed by atoms with E-state index >= 15 is 0 Å². The van der Waals surface area contributed by atoms with Crippen LogP contribution in [0.2, 0.25) is 0 Å². The molecule has 1 atom stereocenters. The van der Waals surface area contributed by atoms with Crippen LogP contribution in [0.5, 0.6) is 0 Å². The van der Waals surface area contributed by atoms with Gasteiger partial charge in [-0.2, -0.15) is 0 Å². The molecular formula is C13H18N2O3S. The average molecular weight is 282 g/mol. The fourth-order valence-corrected chi connectivity index (χ4v) is 3.10. The number of carbonyl (C=O) groups excluding carboxylic acids is 1. The summed E-state index contributed by atoms with van der Waals surface area (Å²) in [6, 6.07) is 6.36. The second-order valence-electron chi connectivity index (χ2n) is 4.79. The van der Waals surface area contributed by atoms with Gasteiger partial charge >= 0.3 is 0 Å². The Morgan fingerprint density at radius 1 is 1.37 bits per heavy atom. The highest BCUT2D eigenvalue weighted by Gasteiger charge is 2.21. The first-order valence-electron chi connectivity index (χ1n) is 6.29. The molecular weight excluding hydrogens is 264 g/mol. The fraction of sp³-hybridized carbons (Fsp3) is 0.462. The highest BCUT2D eigenvalue weighted by atomic mass is 32.2. The number of rotatable bonds is 3. The molecule has 19 heavy (non-hydrogen) atoms. The molecule has 1 fully saturated rings. The molecule has 6 heteroatoms. The summed E-state index contributed by atoms with van der Waals surface area (Å²) in [7, 11) is -3.40. The molecule has 1 aliphatic rings. The molecule has 0 aromatic heterocycles. The molecule has 1 aromatic rings. The standard InChI is InChI=1S/C13H18N2O3S/c1-19(17,18)12-7-3-2-6-11(12)13(16)15-10-5-4-8-14-9-10/h2-3,6-7,10,14H,4-5,8-9H2,1H3,(H,15,16). The molecule has 5 nitrogen and oxygen atoms in total. The van der Waals surface area contributed by atoms with Gasteiger partial charge in [0.05, 0.1) is 10.5 Å². The van der Waals surface area contributed by atoms with Crippen LogP contribution in [0, 0.1) is 0 Å². The van der Waals surface area contributed by atoms with Crippen LogP contribution in [0.4, 0.5) is 0 Å². The minimum atomic E-state index is -3.40. The van der Waals surface area contributed by atoms with Gasteiger partial charge < -0.3 is 10.6 Å². The molecule has 2 rings (SSSR count). The van der Waals surface area contributed by atoms with Gasteiger partial charge in [-0.3, -0.25) is 4.79 Å². The molecule has 1 saturated heterocycles. The van der Waals surface area contributed by atoms with E-state index in [9.17, 15) is 13.2 Å². The third kappa shape index (κ3) is 3.54. The Morgan fingerprint density at radius 3 is 2.74 bits per heavy atom. The minimum absolute atomic E-state index is 0.0638. The molecule has 104 valence electrons. The van der Waals surface area contributed by atoms with Crippen molar-refractivity contribution in [3.63, 3.8) is 0 Å². The van der Waals surface area contributed by atoms with Crippen molar-refractivity contribution in [2.75, 3.05) is 19.3 Å². The number of benzene rings is 1. The van der Waals surface area contributed by atoms with Gasteiger partial charge in [-0.1, -0.05) is 12.1 Å². The van der Waals surface area contributed by atoms with E-state index in [1.165, 1.54) is 6.07 Å². The normalized spacial score (nSPS) is 19.9. The molecule has 0 radical (unpaired) electrons. The minimum Gasteiger partial charge on any atom is -0.348 e. The molecule has 1 aromatic carbocycles. The second kappa shape index (κ2) is 5.71. The van der Waals surface area contributed by atoms with E-state index in [1.54, 1.807) is 18.2 Å². The van der Waals surface area contributed by atoms with Crippen LogP contribution in [0.3, 0.4) is 0 Å². The summed E-state index contributed by atoms with van der Waals surface area (Å²) < 4.78 is 23.3. The zero-order valence-electron chi connectivity index (χ0n) is 10.8. The Labute approximate surface area is 113 Å². The van der Waals surface area contributed by atoms with Crippen molar-refractivity contribution in [1.29, 1.82) is 0 Å². The largest absolute Gasteiger partial charge is 0.348 e. The number of hydrogen-bond acceptors (Lipinski definition) is 4. The summed E-state index contributed by atoms with van der Waals surface area (Å²) >= 11 is 0. The van der Waals surface area contributed by atoms with Crippen LogP contribution in [-0.4, -0.2) is 39.7 Å². The maximum atomic E-state index is 12.2. The number of nitrogens with one attached hydrogen (secondary N) is 2. The molecule has 0 bridgehead atoms. The quantitative estimate of drug-likeness (QED) is 0.850. The van der Waals surface area contributed by atoms with Crippen molar-refractivity contribution in [1.82, 2.24) is 10.6 Å². The van der Waals surface area contributed by atoms with E-state index in [0.717, 1.165) is 32.2 Å².